The summed E-state index contributed by atoms with van der Waals surface area (Å²) in [4.78, 5) is 30.2. The Morgan fingerprint density at radius 2 is 2.00 bits per heavy atom. The van der Waals surface area contributed by atoms with Gasteiger partial charge in [0.25, 0.3) is 5.56 Å². The van der Waals surface area contributed by atoms with Crippen molar-refractivity contribution in [2.75, 3.05) is 0 Å². The Morgan fingerprint density at radius 3 is 2.52 bits per heavy atom. The highest BCUT2D eigenvalue weighted by Gasteiger charge is 2.23. The van der Waals surface area contributed by atoms with Crippen molar-refractivity contribution in [3.63, 3.8) is 0 Å². The van der Waals surface area contributed by atoms with Crippen molar-refractivity contribution in [2.24, 2.45) is 5.92 Å². The smallest absolute Gasteiger partial charge is 0.303 e. The molecule has 5 heteroatoms. The Kier molecular flexibility index (Phi) is 5.15. The van der Waals surface area contributed by atoms with Gasteiger partial charge in [0.2, 0.25) is 0 Å². The number of nitrogens with one attached hydrogen (secondary N) is 1. The molecular weight excluding hydrogens is 268 g/mol. The summed E-state index contributed by atoms with van der Waals surface area (Å²) < 4.78 is 0. The molecule has 0 bridgehead atoms. The molecule has 1 fully saturated rings. The van der Waals surface area contributed by atoms with Crippen molar-refractivity contribution in [1.29, 1.82) is 0 Å². The Hall–Kier alpha value is -1.65. The standard InChI is InChI=1S/C16H24N2O3/c1-3-11-4-6-12(7-5-11)15-17-10(2)13(16(21)18-15)8-9-14(19)20/h11-12H,3-9H2,1-2H3,(H,19,20)(H,17,18,21). The summed E-state index contributed by atoms with van der Waals surface area (Å²) in [7, 11) is 0. The highest BCUT2D eigenvalue weighted by molar-refractivity contribution is 5.67. The van der Waals surface area contributed by atoms with Crippen molar-refractivity contribution in [1.82, 2.24) is 9.97 Å². The van der Waals surface area contributed by atoms with Crippen LogP contribution in [0.3, 0.4) is 0 Å². The van der Waals surface area contributed by atoms with Crippen molar-refractivity contribution in [2.45, 2.75) is 64.7 Å². The van der Waals surface area contributed by atoms with E-state index in [1.165, 1.54) is 19.3 Å². The van der Waals surface area contributed by atoms with Gasteiger partial charge in [0, 0.05) is 23.6 Å². The number of H-pyrrole nitrogens is 1. The molecule has 1 aliphatic carbocycles. The van der Waals surface area contributed by atoms with Crippen LogP contribution in [0, 0.1) is 12.8 Å². The average Bonchev–Trinajstić information content (AvgIpc) is 2.46. The number of aliphatic carboxylic acids is 1. The third kappa shape index (κ3) is 3.93. The number of aryl methyl sites for hydroxylation is 1. The molecule has 1 heterocycles. The molecular formula is C16H24N2O3. The SMILES string of the molecule is CCC1CCC(c2nc(C)c(CCC(=O)O)c(=O)[nH]2)CC1. The van der Waals surface area contributed by atoms with Gasteiger partial charge >= 0.3 is 5.97 Å². The van der Waals surface area contributed by atoms with Crippen LogP contribution in [0.4, 0.5) is 0 Å². The zero-order valence-electron chi connectivity index (χ0n) is 12.8. The van der Waals surface area contributed by atoms with Crippen molar-refractivity contribution < 1.29 is 9.90 Å². The maximum absolute atomic E-state index is 12.1. The number of rotatable bonds is 5. The summed E-state index contributed by atoms with van der Waals surface area (Å²) in [5.74, 6) is 1.04. The molecule has 0 unspecified atom stereocenters. The van der Waals surface area contributed by atoms with Gasteiger partial charge < -0.3 is 10.1 Å². The van der Waals surface area contributed by atoms with Crippen molar-refractivity contribution in [3.8, 4) is 0 Å². The van der Waals surface area contributed by atoms with E-state index in [2.05, 4.69) is 16.9 Å². The first kappa shape index (κ1) is 15.7. The molecule has 1 aromatic rings. The van der Waals surface area contributed by atoms with Gasteiger partial charge in [-0.25, -0.2) is 4.98 Å². The molecule has 2 N–H and O–H groups in total. The summed E-state index contributed by atoms with van der Waals surface area (Å²) in [6, 6.07) is 0. The monoisotopic (exact) mass is 292 g/mol. The summed E-state index contributed by atoms with van der Waals surface area (Å²) in [5.41, 5.74) is 1.01. The van der Waals surface area contributed by atoms with E-state index >= 15 is 0 Å². The Labute approximate surface area is 124 Å². The summed E-state index contributed by atoms with van der Waals surface area (Å²) in [5, 5.41) is 8.73. The second kappa shape index (κ2) is 6.87. The number of aromatic amines is 1. The summed E-state index contributed by atoms with van der Waals surface area (Å²) >= 11 is 0. The maximum atomic E-state index is 12.1. The minimum Gasteiger partial charge on any atom is -0.481 e. The van der Waals surface area contributed by atoms with Crippen LogP contribution in [0.15, 0.2) is 4.79 Å². The minimum absolute atomic E-state index is 0.0352. The molecule has 2 rings (SSSR count). The fourth-order valence-electron chi connectivity index (χ4n) is 3.20. The molecule has 0 radical (unpaired) electrons. The lowest BCUT2D eigenvalue weighted by atomic mass is 9.80. The second-order valence-corrected chi connectivity index (χ2v) is 6.03. The van der Waals surface area contributed by atoms with Gasteiger partial charge in [0.05, 0.1) is 0 Å². The molecule has 116 valence electrons. The number of carboxylic acids is 1. The van der Waals surface area contributed by atoms with E-state index in [9.17, 15) is 9.59 Å². The van der Waals surface area contributed by atoms with Crippen molar-refractivity contribution in [3.05, 3.63) is 27.4 Å². The van der Waals surface area contributed by atoms with E-state index in [0.29, 0.717) is 17.2 Å². The predicted octanol–water partition coefficient (Wildman–Crippen LogP) is 2.78. The molecule has 0 aliphatic heterocycles. The molecule has 0 amide bonds. The van der Waals surface area contributed by atoms with Gasteiger partial charge in [-0.15, -0.1) is 0 Å². The molecule has 1 saturated carbocycles. The first-order valence-electron chi connectivity index (χ1n) is 7.82. The number of carbonyl (C=O) groups is 1. The number of hydrogen-bond donors (Lipinski definition) is 2. The lowest BCUT2D eigenvalue weighted by Gasteiger charge is -2.27. The Morgan fingerprint density at radius 1 is 1.33 bits per heavy atom. The summed E-state index contributed by atoms with van der Waals surface area (Å²) in [6.45, 7) is 4.03. The lowest BCUT2D eigenvalue weighted by Crippen LogP contribution is -2.23. The normalized spacial score (nSPS) is 22.2. The van der Waals surface area contributed by atoms with Gasteiger partial charge in [0.15, 0.2) is 0 Å². The fourth-order valence-corrected chi connectivity index (χ4v) is 3.20. The Bertz CT molecular complexity index is 557. The third-order valence-corrected chi connectivity index (χ3v) is 4.64. The fraction of sp³-hybridized carbons (Fsp3) is 0.688. The predicted molar refractivity (Wildman–Crippen MR) is 80.5 cm³/mol. The molecule has 1 aromatic heterocycles. The van der Waals surface area contributed by atoms with Gasteiger partial charge in [-0.2, -0.15) is 0 Å². The van der Waals surface area contributed by atoms with E-state index in [1.54, 1.807) is 6.92 Å². The van der Waals surface area contributed by atoms with Crippen LogP contribution < -0.4 is 5.56 Å². The topological polar surface area (TPSA) is 83.0 Å². The van der Waals surface area contributed by atoms with E-state index in [0.717, 1.165) is 24.6 Å². The Balaban J connectivity index is 2.12. The highest BCUT2D eigenvalue weighted by atomic mass is 16.4. The van der Waals surface area contributed by atoms with Gasteiger partial charge in [0.1, 0.15) is 5.82 Å². The van der Waals surface area contributed by atoms with Crippen LogP contribution in [0.5, 0.6) is 0 Å². The van der Waals surface area contributed by atoms with E-state index < -0.39 is 5.97 Å². The van der Waals surface area contributed by atoms with Gasteiger partial charge in [-0.1, -0.05) is 13.3 Å². The molecule has 0 saturated heterocycles. The molecule has 0 atom stereocenters. The number of aromatic nitrogens is 2. The quantitative estimate of drug-likeness (QED) is 0.874. The van der Waals surface area contributed by atoms with Crippen LogP contribution in [-0.4, -0.2) is 21.0 Å². The maximum Gasteiger partial charge on any atom is 0.303 e. The van der Waals surface area contributed by atoms with E-state index in [4.69, 9.17) is 5.11 Å². The van der Waals surface area contributed by atoms with Crippen LogP contribution in [-0.2, 0) is 11.2 Å². The second-order valence-electron chi connectivity index (χ2n) is 6.03. The average molecular weight is 292 g/mol. The van der Waals surface area contributed by atoms with E-state index in [-0.39, 0.29) is 18.4 Å². The first-order chi connectivity index (χ1) is 10.0. The van der Waals surface area contributed by atoms with Crippen LogP contribution in [0.1, 0.15) is 68.4 Å². The number of hydrogen-bond acceptors (Lipinski definition) is 3. The van der Waals surface area contributed by atoms with Crippen molar-refractivity contribution >= 4 is 5.97 Å². The molecule has 21 heavy (non-hydrogen) atoms. The zero-order chi connectivity index (χ0) is 15.4. The molecule has 5 nitrogen and oxygen atoms in total. The van der Waals surface area contributed by atoms with E-state index in [1.807, 2.05) is 0 Å². The number of nitrogens with zero attached hydrogens (tertiary/aromatic N) is 1. The van der Waals surface area contributed by atoms with Crippen LogP contribution in [0.2, 0.25) is 0 Å². The minimum atomic E-state index is -0.893. The lowest BCUT2D eigenvalue weighted by molar-refractivity contribution is -0.136. The van der Waals surface area contributed by atoms with Crippen LogP contribution in [0.25, 0.3) is 0 Å². The molecule has 0 aromatic carbocycles. The van der Waals surface area contributed by atoms with Gasteiger partial charge in [-0.05, 0) is 44.9 Å². The van der Waals surface area contributed by atoms with Crippen LogP contribution >= 0.6 is 0 Å². The molecule has 0 spiro atoms. The first-order valence-corrected chi connectivity index (χ1v) is 7.82. The summed E-state index contributed by atoms with van der Waals surface area (Å²) in [6.07, 6.45) is 5.99. The largest absolute Gasteiger partial charge is 0.481 e. The molecule has 1 aliphatic rings. The number of carboxylic acid groups (broad SMARTS) is 1. The highest BCUT2D eigenvalue weighted by Crippen LogP contribution is 2.35. The zero-order valence-corrected chi connectivity index (χ0v) is 12.8. The van der Waals surface area contributed by atoms with Gasteiger partial charge in [-0.3, -0.25) is 9.59 Å². The third-order valence-electron chi connectivity index (χ3n) is 4.64.